The van der Waals surface area contributed by atoms with Crippen LogP contribution in [0.4, 0.5) is 0 Å². The number of esters is 1. The molecular formula is C22H23N3O6S. The molecule has 0 atom stereocenters. The molecule has 1 aliphatic heterocycles. The summed E-state index contributed by atoms with van der Waals surface area (Å²) in [4.78, 5) is 16.9. The highest BCUT2D eigenvalue weighted by Gasteiger charge is 2.28. The Morgan fingerprint density at radius 1 is 1.09 bits per heavy atom. The van der Waals surface area contributed by atoms with Crippen LogP contribution in [0.1, 0.15) is 27.3 Å². The number of nitrogens with zero attached hydrogens (tertiary/aromatic N) is 3. The summed E-state index contributed by atoms with van der Waals surface area (Å²) < 4.78 is 43.1. The third-order valence-corrected chi connectivity index (χ3v) is 7.15. The van der Waals surface area contributed by atoms with Gasteiger partial charge >= 0.3 is 5.97 Å². The van der Waals surface area contributed by atoms with Crippen LogP contribution >= 0.6 is 0 Å². The molecule has 2 heterocycles. The summed E-state index contributed by atoms with van der Waals surface area (Å²) in [6.07, 6.45) is 0. The van der Waals surface area contributed by atoms with Gasteiger partial charge in [0.15, 0.2) is 6.61 Å². The van der Waals surface area contributed by atoms with E-state index in [1.165, 1.54) is 16.4 Å². The lowest BCUT2D eigenvalue weighted by Gasteiger charge is -2.26. The molecule has 1 saturated heterocycles. The van der Waals surface area contributed by atoms with E-state index in [0.717, 1.165) is 11.1 Å². The predicted octanol–water partition coefficient (Wildman–Crippen LogP) is 2.73. The van der Waals surface area contributed by atoms with Gasteiger partial charge in [-0.15, -0.1) is 0 Å². The van der Waals surface area contributed by atoms with Gasteiger partial charge in [-0.2, -0.15) is 9.29 Å². The summed E-state index contributed by atoms with van der Waals surface area (Å²) in [6, 6.07) is 12.1. The number of ether oxygens (including phenoxy) is 2. The fraction of sp³-hybridized carbons (Fsp3) is 0.318. The Kier molecular flexibility index (Phi) is 6.35. The Morgan fingerprint density at radius 2 is 1.81 bits per heavy atom. The second kappa shape index (κ2) is 9.19. The molecule has 0 saturated carbocycles. The van der Waals surface area contributed by atoms with Gasteiger partial charge in [0, 0.05) is 18.7 Å². The first-order valence-corrected chi connectivity index (χ1v) is 11.5. The van der Waals surface area contributed by atoms with Crippen molar-refractivity contribution in [1.82, 2.24) is 14.4 Å². The van der Waals surface area contributed by atoms with Crippen LogP contribution in [-0.2, 0) is 26.1 Å². The van der Waals surface area contributed by atoms with Gasteiger partial charge in [0.1, 0.15) is 0 Å². The summed E-state index contributed by atoms with van der Waals surface area (Å²) in [5.41, 5.74) is 2.55. The van der Waals surface area contributed by atoms with Gasteiger partial charge in [-0.25, -0.2) is 13.2 Å². The van der Waals surface area contributed by atoms with Gasteiger partial charge in [-0.05, 0) is 43.7 Å². The zero-order chi connectivity index (χ0) is 22.7. The number of aromatic nitrogens is 2. The van der Waals surface area contributed by atoms with Crippen molar-refractivity contribution in [2.75, 3.05) is 26.3 Å². The Balaban J connectivity index is 1.46. The van der Waals surface area contributed by atoms with Crippen LogP contribution in [0.25, 0.3) is 11.5 Å². The van der Waals surface area contributed by atoms with Crippen molar-refractivity contribution in [3.05, 3.63) is 65.0 Å². The highest BCUT2D eigenvalue weighted by Crippen LogP contribution is 2.23. The van der Waals surface area contributed by atoms with Crippen molar-refractivity contribution in [2.45, 2.75) is 25.3 Å². The first-order chi connectivity index (χ1) is 15.3. The zero-order valence-corrected chi connectivity index (χ0v) is 18.6. The van der Waals surface area contributed by atoms with Crippen LogP contribution in [-0.4, -0.2) is 55.1 Å². The van der Waals surface area contributed by atoms with Crippen molar-refractivity contribution < 1.29 is 27.2 Å². The molecule has 168 valence electrons. The SMILES string of the molecule is Cc1ccc(-c2nc(COC(=O)c3ccc(C)c(S(=O)(=O)N4CCOCC4)c3)no2)cc1. The maximum Gasteiger partial charge on any atom is 0.338 e. The van der Waals surface area contributed by atoms with E-state index in [1.807, 2.05) is 31.2 Å². The predicted molar refractivity (Wildman–Crippen MR) is 114 cm³/mol. The molecule has 1 fully saturated rings. The molecule has 0 spiro atoms. The van der Waals surface area contributed by atoms with Crippen LogP contribution in [0, 0.1) is 13.8 Å². The number of carbonyl (C=O) groups excluding carboxylic acids is 1. The lowest BCUT2D eigenvalue weighted by atomic mass is 10.1. The molecule has 0 unspecified atom stereocenters. The van der Waals surface area contributed by atoms with Crippen molar-refractivity contribution in [3.8, 4) is 11.5 Å². The number of rotatable bonds is 6. The summed E-state index contributed by atoms with van der Waals surface area (Å²) in [7, 11) is -3.74. The third-order valence-electron chi connectivity index (χ3n) is 5.11. The standard InChI is InChI=1S/C22H23N3O6S/c1-15-3-6-17(7-4-15)21-23-20(24-31-21)14-30-22(26)18-8-5-16(2)19(13-18)32(27,28)25-9-11-29-12-10-25/h3-8,13H,9-12,14H2,1-2H3. The van der Waals surface area contributed by atoms with Crippen molar-refractivity contribution in [2.24, 2.45) is 0 Å². The van der Waals surface area contributed by atoms with E-state index >= 15 is 0 Å². The molecule has 0 aliphatic carbocycles. The third kappa shape index (κ3) is 4.72. The van der Waals surface area contributed by atoms with E-state index in [9.17, 15) is 13.2 Å². The van der Waals surface area contributed by atoms with Gasteiger partial charge in [-0.1, -0.05) is 28.9 Å². The van der Waals surface area contributed by atoms with Gasteiger partial charge < -0.3 is 14.0 Å². The average Bonchev–Trinajstić information content (AvgIpc) is 3.28. The van der Waals surface area contributed by atoms with Gasteiger partial charge in [0.05, 0.1) is 23.7 Å². The van der Waals surface area contributed by atoms with E-state index < -0.39 is 16.0 Å². The Morgan fingerprint density at radius 3 is 2.53 bits per heavy atom. The average molecular weight is 458 g/mol. The number of carbonyl (C=O) groups is 1. The van der Waals surface area contributed by atoms with Gasteiger partial charge in [0.25, 0.3) is 5.89 Å². The molecule has 9 nitrogen and oxygen atoms in total. The van der Waals surface area contributed by atoms with Crippen LogP contribution in [0.15, 0.2) is 51.9 Å². The lowest BCUT2D eigenvalue weighted by Crippen LogP contribution is -2.40. The Hall–Kier alpha value is -3.08. The summed E-state index contributed by atoms with van der Waals surface area (Å²) in [6.45, 7) is 4.70. The molecule has 4 rings (SSSR count). The molecule has 10 heteroatoms. The minimum absolute atomic E-state index is 0.0788. The largest absolute Gasteiger partial charge is 0.454 e. The topological polar surface area (TPSA) is 112 Å². The van der Waals surface area contributed by atoms with E-state index in [0.29, 0.717) is 24.7 Å². The number of aryl methyl sites for hydroxylation is 2. The Labute approximate surface area is 186 Å². The zero-order valence-electron chi connectivity index (χ0n) is 17.8. The van der Waals surface area contributed by atoms with Crippen LogP contribution < -0.4 is 0 Å². The van der Waals surface area contributed by atoms with Gasteiger partial charge in [0.2, 0.25) is 15.8 Å². The molecule has 0 bridgehead atoms. The molecule has 1 aliphatic rings. The summed E-state index contributed by atoms with van der Waals surface area (Å²) in [5.74, 6) is -0.141. The first-order valence-electron chi connectivity index (χ1n) is 10.1. The maximum absolute atomic E-state index is 13.0. The summed E-state index contributed by atoms with van der Waals surface area (Å²) in [5, 5.41) is 3.84. The number of benzene rings is 2. The lowest BCUT2D eigenvalue weighted by molar-refractivity contribution is 0.0459. The molecular weight excluding hydrogens is 434 g/mol. The smallest absolute Gasteiger partial charge is 0.338 e. The minimum Gasteiger partial charge on any atom is -0.454 e. The van der Waals surface area contributed by atoms with Crippen LogP contribution in [0.5, 0.6) is 0 Å². The monoisotopic (exact) mass is 457 g/mol. The molecule has 0 amide bonds. The quantitative estimate of drug-likeness (QED) is 0.520. The van der Waals surface area contributed by atoms with E-state index in [1.54, 1.807) is 13.0 Å². The number of hydrogen-bond acceptors (Lipinski definition) is 8. The molecule has 32 heavy (non-hydrogen) atoms. The number of sulfonamides is 1. The molecule has 0 N–H and O–H groups in total. The molecule has 2 aromatic carbocycles. The van der Waals surface area contributed by atoms with Crippen molar-refractivity contribution in [1.29, 1.82) is 0 Å². The van der Waals surface area contributed by atoms with E-state index in [4.69, 9.17) is 14.0 Å². The normalized spacial score (nSPS) is 14.9. The fourth-order valence-corrected chi connectivity index (χ4v) is 4.93. The molecule has 1 aromatic heterocycles. The Bertz CT molecular complexity index is 1210. The van der Waals surface area contributed by atoms with E-state index in [2.05, 4.69) is 10.1 Å². The highest BCUT2D eigenvalue weighted by atomic mass is 32.2. The highest BCUT2D eigenvalue weighted by molar-refractivity contribution is 7.89. The maximum atomic E-state index is 13.0. The van der Waals surface area contributed by atoms with Crippen LogP contribution in [0.2, 0.25) is 0 Å². The molecule has 0 radical (unpaired) electrons. The van der Waals surface area contributed by atoms with Crippen LogP contribution in [0.3, 0.4) is 0 Å². The van der Waals surface area contributed by atoms with E-state index in [-0.39, 0.29) is 36.0 Å². The number of hydrogen-bond donors (Lipinski definition) is 0. The molecule has 3 aromatic rings. The van der Waals surface area contributed by atoms with Gasteiger partial charge in [-0.3, -0.25) is 0 Å². The number of morpholine rings is 1. The second-order valence-corrected chi connectivity index (χ2v) is 9.36. The van der Waals surface area contributed by atoms with Crippen molar-refractivity contribution in [3.63, 3.8) is 0 Å². The first kappa shape index (κ1) is 22.1. The fourth-order valence-electron chi connectivity index (χ4n) is 3.27. The van der Waals surface area contributed by atoms with Crippen molar-refractivity contribution >= 4 is 16.0 Å². The summed E-state index contributed by atoms with van der Waals surface area (Å²) >= 11 is 0. The minimum atomic E-state index is -3.74. The second-order valence-electron chi connectivity index (χ2n) is 7.45.